The van der Waals surface area contributed by atoms with Crippen LogP contribution in [-0.4, -0.2) is 24.0 Å². The number of carbonyl (C=O) groups is 1. The fourth-order valence-corrected chi connectivity index (χ4v) is 0.852. The first-order chi connectivity index (χ1) is 4.18. The van der Waals surface area contributed by atoms with Gasteiger partial charge in [-0.1, -0.05) is 0 Å². The van der Waals surface area contributed by atoms with Gasteiger partial charge in [-0.25, -0.2) is 0 Å². The van der Waals surface area contributed by atoms with Gasteiger partial charge in [-0.15, -0.1) is 0 Å². The SMILES string of the molecule is CSCC[C@H](N)C(=O)[O-].[Zn]. The Morgan fingerprint density at radius 3 is 2.60 bits per heavy atom. The Morgan fingerprint density at radius 2 is 2.30 bits per heavy atom. The summed E-state index contributed by atoms with van der Waals surface area (Å²) in [6.07, 6.45) is 2.39. The molecule has 3 nitrogen and oxygen atoms in total. The summed E-state index contributed by atoms with van der Waals surface area (Å²) in [5, 5.41) is 9.96. The van der Waals surface area contributed by atoms with Crippen LogP contribution in [0.1, 0.15) is 6.42 Å². The molecule has 0 fully saturated rings. The van der Waals surface area contributed by atoms with E-state index in [1.165, 1.54) is 0 Å². The second-order valence-corrected chi connectivity index (χ2v) is 2.69. The van der Waals surface area contributed by atoms with E-state index >= 15 is 0 Å². The van der Waals surface area contributed by atoms with E-state index in [1.807, 2.05) is 6.26 Å². The van der Waals surface area contributed by atoms with E-state index in [4.69, 9.17) is 5.73 Å². The van der Waals surface area contributed by atoms with Gasteiger partial charge in [0.1, 0.15) is 0 Å². The van der Waals surface area contributed by atoms with Gasteiger partial charge >= 0.3 is 0 Å². The molecule has 0 aromatic rings. The molecule has 0 radical (unpaired) electrons. The maximum absolute atomic E-state index is 9.96. The molecule has 0 aliphatic heterocycles. The number of rotatable bonds is 4. The molecule has 2 N–H and O–H groups in total. The summed E-state index contributed by atoms with van der Waals surface area (Å²) in [6.45, 7) is 0. The minimum absolute atomic E-state index is 0. The molecule has 56 valence electrons. The van der Waals surface area contributed by atoms with Crippen LogP contribution in [0.25, 0.3) is 0 Å². The van der Waals surface area contributed by atoms with Crippen LogP contribution < -0.4 is 10.8 Å². The number of carboxylic acid groups (broad SMARTS) is 1. The molecule has 0 spiro atoms. The van der Waals surface area contributed by atoms with E-state index < -0.39 is 12.0 Å². The van der Waals surface area contributed by atoms with Crippen molar-refractivity contribution >= 4 is 17.7 Å². The molecular weight excluding hydrogens is 204 g/mol. The average Bonchev–Trinajstić information content (AvgIpc) is 1.82. The zero-order valence-corrected chi connectivity index (χ0v) is 9.78. The van der Waals surface area contributed by atoms with Gasteiger partial charge in [-0.3, -0.25) is 0 Å². The van der Waals surface area contributed by atoms with Crippen molar-refractivity contribution < 1.29 is 29.4 Å². The van der Waals surface area contributed by atoms with E-state index in [2.05, 4.69) is 0 Å². The van der Waals surface area contributed by atoms with Crippen molar-refractivity contribution in [2.24, 2.45) is 5.73 Å². The molecule has 0 aromatic carbocycles. The molecule has 0 unspecified atom stereocenters. The van der Waals surface area contributed by atoms with Crippen molar-refractivity contribution in [2.45, 2.75) is 12.5 Å². The predicted molar refractivity (Wildman–Crippen MR) is 36.0 cm³/mol. The Morgan fingerprint density at radius 1 is 1.80 bits per heavy atom. The Balaban J connectivity index is 0. The quantitative estimate of drug-likeness (QED) is 0.597. The fourth-order valence-electron chi connectivity index (χ4n) is 0.363. The first-order valence-corrected chi connectivity index (χ1v) is 4.03. The molecule has 0 aliphatic carbocycles. The van der Waals surface area contributed by atoms with Crippen LogP contribution in [0.4, 0.5) is 0 Å². The van der Waals surface area contributed by atoms with Gasteiger partial charge in [0, 0.05) is 25.5 Å². The monoisotopic (exact) mass is 212 g/mol. The maximum atomic E-state index is 9.96. The van der Waals surface area contributed by atoms with Crippen molar-refractivity contribution in [2.75, 3.05) is 12.0 Å². The van der Waals surface area contributed by atoms with Crippen LogP contribution in [0, 0.1) is 0 Å². The number of hydrogen-bond donors (Lipinski definition) is 1. The summed E-state index contributed by atoms with van der Waals surface area (Å²) in [4.78, 5) is 9.96. The zero-order valence-electron chi connectivity index (χ0n) is 6.00. The molecular formula is C5H10NO2SZn-. The summed E-state index contributed by atoms with van der Waals surface area (Å²) in [7, 11) is 0. The van der Waals surface area contributed by atoms with E-state index in [0.29, 0.717) is 6.42 Å². The number of aliphatic carboxylic acids is 1. The van der Waals surface area contributed by atoms with Crippen LogP contribution in [-0.2, 0) is 24.3 Å². The van der Waals surface area contributed by atoms with Gasteiger partial charge < -0.3 is 15.6 Å². The molecule has 5 heteroatoms. The molecule has 0 aliphatic rings. The Labute approximate surface area is 77.5 Å². The van der Waals surface area contributed by atoms with Crippen LogP contribution in [0.15, 0.2) is 0 Å². The molecule has 0 bridgehead atoms. The third-order valence-corrected chi connectivity index (χ3v) is 1.58. The minimum atomic E-state index is -1.16. The van der Waals surface area contributed by atoms with Crippen LogP contribution in [0.2, 0.25) is 0 Å². The number of nitrogens with two attached hydrogens (primary N) is 1. The largest absolute Gasteiger partial charge is 0.548 e. The topological polar surface area (TPSA) is 66.2 Å². The van der Waals surface area contributed by atoms with E-state index in [-0.39, 0.29) is 19.5 Å². The third-order valence-electron chi connectivity index (χ3n) is 0.936. The first kappa shape index (κ1) is 13.0. The standard InChI is InChI=1S/C5H11NO2S.Zn/c1-9-3-2-4(6)5(7)8;/h4H,2-3,6H2,1H3,(H,7,8);/p-1/t4-;/m0./s1. The number of carboxylic acids is 1. The number of thioether (sulfide) groups is 1. The van der Waals surface area contributed by atoms with Crippen molar-refractivity contribution in [1.82, 2.24) is 0 Å². The number of hydrogen-bond acceptors (Lipinski definition) is 4. The van der Waals surface area contributed by atoms with Crippen LogP contribution in [0.5, 0.6) is 0 Å². The minimum Gasteiger partial charge on any atom is -0.548 e. The van der Waals surface area contributed by atoms with Gasteiger partial charge in [0.2, 0.25) is 0 Å². The Hall–Kier alpha value is 0.403. The van der Waals surface area contributed by atoms with E-state index in [9.17, 15) is 9.90 Å². The van der Waals surface area contributed by atoms with Crippen LogP contribution in [0.3, 0.4) is 0 Å². The summed E-state index contributed by atoms with van der Waals surface area (Å²) >= 11 is 1.58. The normalized spacial score (nSPS) is 11.8. The zero-order chi connectivity index (χ0) is 7.28. The smallest absolute Gasteiger partial charge is 0.0582 e. The predicted octanol–water partition coefficient (Wildman–Crippen LogP) is -1.19. The van der Waals surface area contributed by atoms with Crippen molar-refractivity contribution in [1.29, 1.82) is 0 Å². The van der Waals surface area contributed by atoms with Crippen molar-refractivity contribution in [3.63, 3.8) is 0 Å². The maximum Gasteiger partial charge on any atom is 0.0582 e. The first-order valence-electron chi connectivity index (χ1n) is 2.64. The summed E-state index contributed by atoms with van der Waals surface area (Å²) in [5.41, 5.74) is 5.13. The number of carbonyl (C=O) groups excluding carboxylic acids is 1. The molecule has 0 heterocycles. The molecule has 1 atom stereocenters. The van der Waals surface area contributed by atoms with E-state index in [0.717, 1.165) is 5.75 Å². The van der Waals surface area contributed by atoms with Gasteiger partial charge in [-0.05, 0) is 18.4 Å². The second-order valence-electron chi connectivity index (χ2n) is 1.71. The fraction of sp³-hybridized carbons (Fsp3) is 0.800. The van der Waals surface area contributed by atoms with Gasteiger partial charge in [0.15, 0.2) is 0 Å². The Kier molecular flexibility index (Phi) is 9.78. The third kappa shape index (κ3) is 6.52. The summed E-state index contributed by atoms with van der Waals surface area (Å²) in [6, 6.07) is -0.794. The van der Waals surface area contributed by atoms with Gasteiger partial charge in [-0.2, -0.15) is 11.8 Å². The van der Waals surface area contributed by atoms with Crippen molar-refractivity contribution in [3.05, 3.63) is 0 Å². The second kappa shape index (κ2) is 7.51. The Bertz CT molecular complexity index is 102. The van der Waals surface area contributed by atoms with Crippen LogP contribution >= 0.6 is 11.8 Å². The molecule has 0 saturated carbocycles. The molecule has 0 rings (SSSR count). The summed E-state index contributed by atoms with van der Waals surface area (Å²) in [5.74, 6) is -0.390. The van der Waals surface area contributed by atoms with E-state index in [1.54, 1.807) is 11.8 Å². The van der Waals surface area contributed by atoms with Gasteiger partial charge in [0.25, 0.3) is 0 Å². The molecule has 0 aromatic heterocycles. The average molecular weight is 214 g/mol. The molecule has 0 amide bonds. The molecule has 0 saturated heterocycles. The van der Waals surface area contributed by atoms with Gasteiger partial charge in [0.05, 0.1) is 5.97 Å². The molecule has 10 heavy (non-hydrogen) atoms. The van der Waals surface area contributed by atoms with Crippen molar-refractivity contribution in [3.8, 4) is 0 Å². The summed E-state index contributed by atoms with van der Waals surface area (Å²) < 4.78 is 0.